The summed E-state index contributed by atoms with van der Waals surface area (Å²) in [6, 6.07) is 35.8. The van der Waals surface area contributed by atoms with E-state index in [-0.39, 0.29) is 43.5 Å². The van der Waals surface area contributed by atoms with E-state index in [0.29, 0.717) is 43.1 Å². The van der Waals surface area contributed by atoms with Gasteiger partial charge in [-0.2, -0.15) is 8.42 Å². The van der Waals surface area contributed by atoms with Crippen LogP contribution in [-0.4, -0.2) is 71.2 Å². The number of benzene rings is 4. The average Bonchev–Trinajstić information content (AvgIpc) is 3.28. The van der Waals surface area contributed by atoms with Gasteiger partial charge in [0.25, 0.3) is 0 Å². The molecule has 2 heterocycles. The van der Waals surface area contributed by atoms with Gasteiger partial charge < -0.3 is 28.9 Å². The second-order valence-electron chi connectivity index (χ2n) is 16.2. The van der Waals surface area contributed by atoms with E-state index in [4.69, 9.17) is 23.6 Å². The molecule has 4 amide bonds. The standard InChI is InChI=1S/C31H34N4O7S.C16H23N3O3S/c1-31(2)26(27(36)35(31)43(39)42-25-17-10-5-11-18-25)19-12-20-32-28(33-29(37)40-21-23-13-6-3-7-14-23)34-30(38)41-22-24-15-8-4-9-16-24;1-12(17)18-11-7-10-14-15(20)19(16(14,2)3)23(21)22-13-8-5-4-6-9-13/h3-11,13-18,26H,12,19-22H2,1-2H3,(H2,32,33,34,37,38);4-6,8-9,14,18H,1,7,10-11,17H2,2-3H3/t26-,43?;14-,23?/m11/s1. The summed E-state index contributed by atoms with van der Waals surface area (Å²) in [7, 11) is 0. The van der Waals surface area contributed by atoms with E-state index in [1.807, 2.05) is 100 Å². The van der Waals surface area contributed by atoms with Crippen molar-refractivity contribution in [2.75, 3.05) is 13.1 Å². The van der Waals surface area contributed by atoms with E-state index in [9.17, 15) is 27.6 Å². The summed E-state index contributed by atoms with van der Waals surface area (Å²) in [5, 5.41) is 7.83. The quantitative estimate of drug-likeness (QED) is 0.0340. The first-order valence-corrected chi connectivity index (χ1v) is 23.3. The first-order valence-electron chi connectivity index (χ1n) is 21.2. The molecule has 352 valence electrons. The number of amides is 4. The highest BCUT2D eigenvalue weighted by Gasteiger charge is 2.58. The minimum Gasteiger partial charge on any atom is -0.444 e. The van der Waals surface area contributed by atoms with Crippen molar-refractivity contribution in [3.8, 4) is 11.5 Å². The first kappa shape index (κ1) is 50.3. The molecule has 0 bridgehead atoms. The van der Waals surface area contributed by atoms with Crippen LogP contribution in [0.15, 0.2) is 139 Å². The molecule has 0 aliphatic carbocycles. The van der Waals surface area contributed by atoms with Gasteiger partial charge in [-0.3, -0.25) is 25.2 Å². The second-order valence-corrected chi connectivity index (χ2v) is 18.2. The molecule has 4 atom stereocenters. The number of nitrogens with two attached hydrogens (primary N) is 1. The van der Waals surface area contributed by atoms with Crippen molar-refractivity contribution in [2.45, 2.75) is 77.7 Å². The molecule has 2 aliphatic heterocycles. The maximum absolute atomic E-state index is 12.9. The van der Waals surface area contributed by atoms with Crippen LogP contribution >= 0.6 is 0 Å². The number of hydrogen-bond acceptors (Lipinski definition) is 13. The third kappa shape index (κ3) is 14.1. The summed E-state index contributed by atoms with van der Waals surface area (Å²) in [4.78, 5) is 54.4. The number of guanidine groups is 1. The number of carbonyl (C=O) groups is 4. The van der Waals surface area contributed by atoms with Crippen molar-refractivity contribution in [1.82, 2.24) is 24.6 Å². The lowest BCUT2D eigenvalue weighted by Crippen LogP contribution is -2.68. The summed E-state index contributed by atoms with van der Waals surface area (Å²) >= 11 is -3.81. The minimum absolute atomic E-state index is 0.0309. The predicted molar refractivity (Wildman–Crippen MR) is 251 cm³/mol. The van der Waals surface area contributed by atoms with Gasteiger partial charge in [0, 0.05) is 13.1 Å². The number of para-hydroxylation sites is 2. The lowest BCUT2D eigenvalue weighted by Gasteiger charge is -2.51. The SMILES string of the molecule is C=C(N)NCCC[C@@H]1C(=O)N(S(=O)Oc2ccccc2)C1(C)C.CC1(C)[C@H](CCCN=C(NC(=O)OCc2ccccc2)NC(=O)OCc2ccccc2)C(=O)N1S(=O)Oc1ccccc1. The maximum atomic E-state index is 12.9. The minimum atomic E-state index is -1.98. The second kappa shape index (κ2) is 24.0. The Morgan fingerprint density at radius 1 is 0.652 bits per heavy atom. The molecule has 19 heteroatoms. The number of rotatable bonds is 19. The highest BCUT2D eigenvalue weighted by molar-refractivity contribution is 7.79. The van der Waals surface area contributed by atoms with E-state index >= 15 is 0 Å². The molecular weight excluding hydrogens is 887 g/mol. The van der Waals surface area contributed by atoms with Gasteiger partial charge in [-0.25, -0.2) is 18.2 Å². The Morgan fingerprint density at radius 2 is 1.03 bits per heavy atom. The largest absolute Gasteiger partial charge is 0.444 e. The topological polar surface area (TPSA) is 220 Å². The monoisotopic (exact) mass is 943 g/mol. The van der Waals surface area contributed by atoms with Gasteiger partial charge in [0.15, 0.2) is 0 Å². The molecule has 0 saturated carbocycles. The summed E-state index contributed by atoms with van der Waals surface area (Å²) in [6.07, 6.45) is 0.764. The molecule has 5 N–H and O–H groups in total. The fraction of sp³-hybridized carbons (Fsp3) is 0.340. The maximum Gasteiger partial charge on any atom is 0.414 e. The zero-order valence-electron chi connectivity index (χ0n) is 37.4. The lowest BCUT2D eigenvalue weighted by atomic mass is 9.76. The Bertz CT molecular complexity index is 2280. The number of carbonyl (C=O) groups excluding carboxylic acids is 4. The summed E-state index contributed by atoms with van der Waals surface area (Å²) < 4.78 is 48.9. The predicted octanol–water partition coefficient (Wildman–Crippen LogP) is 6.55. The van der Waals surface area contributed by atoms with Crippen LogP contribution in [0.4, 0.5) is 9.59 Å². The normalized spacial score (nSPS) is 17.5. The summed E-state index contributed by atoms with van der Waals surface area (Å²) in [5.74, 6) is 0.158. The molecule has 66 heavy (non-hydrogen) atoms. The number of β-lactam (4-membered cyclic amide) rings is 2. The molecule has 4 aromatic carbocycles. The average molecular weight is 944 g/mol. The zero-order chi connectivity index (χ0) is 47.7. The third-order valence-corrected chi connectivity index (χ3v) is 13.2. The Kier molecular flexibility index (Phi) is 18.3. The van der Waals surface area contributed by atoms with Crippen molar-refractivity contribution in [3.05, 3.63) is 145 Å². The number of alkyl carbamates (subject to hydrolysis) is 2. The Labute approximate surface area is 390 Å². The number of nitrogens with one attached hydrogen (secondary N) is 3. The fourth-order valence-electron chi connectivity index (χ4n) is 7.15. The Morgan fingerprint density at radius 3 is 1.41 bits per heavy atom. The van der Waals surface area contributed by atoms with E-state index in [2.05, 4.69) is 27.5 Å². The summed E-state index contributed by atoms with van der Waals surface area (Å²) in [5.41, 5.74) is 5.81. The van der Waals surface area contributed by atoms with Crippen molar-refractivity contribution in [1.29, 1.82) is 0 Å². The smallest absolute Gasteiger partial charge is 0.414 e. The van der Waals surface area contributed by atoms with Gasteiger partial charge in [-0.15, -0.1) is 0 Å². The first-order chi connectivity index (χ1) is 31.6. The molecule has 2 aliphatic rings. The van der Waals surface area contributed by atoms with Crippen LogP contribution in [0.5, 0.6) is 11.5 Å². The highest BCUT2D eigenvalue weighted by atomic mass is 32.2. The van der Waals surface area contributed by atoms with E-state index in [1.165, 1.54) is 8.61 Å². The van der Waals surface area contributed by atoms with Crippen LogP contribution < -0.4 is 30.1 Å². The molecule has 0 radical (unpaired) electrons. The number of ether oxygens (including phenoxy) is 2. The molecule has 0 aromatic heterocycles. The van der Waals surface area contributed by atoms with Gasteiger partial charge >= 0.3 is 34.7 Å². The third-order valence-electron chi connectivity index (χ3n) is 10.7. The molecule has 17 nitrogen and oxygen atoms in total. The van der Waals surface area contributed by atoms with Crippen LogP contribution in [0.25, 0.3) is 0 Å². The lowest BCUT2D eigenvalue weighted by molar-refractivity contribution is -0.155. The number of hydrogen-bond donors (Lipinski definition) is 4. The highest BCUT2D eigenvalue weighted by Crippen LogP contribution is 2.43. The number of aliphatic imine (C=N–C) groups is 1. The van der Waals surface area contributed by atoms with Crippen LogP contribution in [0.3, 0.4) is 0 Å². The van der Waals surface area contributed by atoms with Crippen molar-refractivity contribution in [3.63, 3.8) is 0 Å². The van der Waals surface area contributed by atoms with Crippen molar-refractivity contribution in [2.24, 2.45) is 22.6 Å². The van der Waals surface area contributed by atoms with Crippen LogP contribution in [-0.2, 0) is 54.8 Å². The molecule has 2 fully saturated rings. The molecule has 2 saturated heterocycles. The van der Waals surface area contributed by atoms with Crippen LogP contribution in [0.2, 0.25) is 0 Å². The summed E-state index contributed by atoms with van der Waals surface area (Å²) in [6.45, 7) is 11.9. The molecule has 2 unspecified atom stereocenters. The molecule has 4 aromatic rings. The molecule has 6 rings (SSSR count). The Balaban J connectivity index is 0.000000298. The molecule has 0 spiro atoms. The Hall–Kier alpha value is -6.73. The number of nitrogens with zero attached hydrogens (tertiary/aromatic N) is 3. The van der Waals surface area contributed by atoms with E-state index in [1.54, 1.807) is 48.5 Å². The zero-order valence-corrected chi connectivity index (χ0v) is 39.0. The van der Waals surface area contributed by atoms with Crippen LogP contribution in [0.1, 0.15) is 64.5 Å². The molecular formula is C47H57N7O10S2. The van der Waals surface area contributed by atoms with Gasteiger partial charge in [-0.1, -0.05) is 104 Å². The van der Waals surface area contributed by atoms with E-state index in [0.717, 1.165) is 17.5 Å². The van der Waals surface area contributed by atoms with Crippen LogP contribution in [0, 0.1) is 11.8 Å². The van der Waals surface area contributed by atoms with Gasteiger partial charge in [0.1, 0.15) is 24.7 Å². The fourth-order valence-corrected chi connectivity index (χ4v) is 9.42. The van der Waals surface area contributed by atoms with E-state index < -0.39 is 51.7 Å². The van der Waals surface area contributed by atoms with Crippen molar-refractivity contribution >= 4 is 52.5 Å². The van der Waals surface area contributed by atoms with Gasteiger partial charge in [0.05, 0.1) is 28.7 Å². The van der Waals surface area contributed by atoms with Gasteiger partial charge in [-0.05, 0) is 88.8 Å². The van der Waals surface area contributed by atoms with Gasteiger partial charge in [0.2, 0.25) is 17.8 Å². The van der Waals surface area contributed by atoms with Crippen molar-refractivity contribution < 1.29 is 45.4 Å².